The van der Waals surface area contributed by atoms with Crippen LogP contribution in [0, 0.1) is 5.92 Å². The fraction of sp³-hybridized carbons (Fsp3) is 0.901. The second kappa shape index (κ2) is 73.4. The van der Waals surface area contributed by atoms with E-state index in [9.17, 15) is 43.2 Å². The summed E-state index contributed by atoms with van der Waals surface area (Å²) in [5, 5.41) is 10.6. The van der Waals surface area contributed by atoms with Crippen LogP contribution in [0.5, 0.6) is 0 Å². The maximum absolute atomic E-state index is 13.1. The van der Waals surface area contributed by atoms with Crippen molar-refractivity contribution in [1.82, 2.24) is 0 Å². The average molecular weight is 1460 g/mol. The van der Waals surface area contributed by atoms with E-state index in [2.05, 4.69) is 58.9 Å². The van der Waals surface area contributed by atoms with Crippen LogP contribution in [0.3, 0.4) is 0 Å². The number of phosphoric ester groups is 2. The number of ether oxygens (including phenoxy) is 4. The van der Waals surface area contributed by atoms with E-state index in [1.807, 2.05) is 0 Å². The van der Waals surface area contributed by atoms with Gasteiger partial charge in [0.25, 0.3) is 0 Å². The third kappa shape index (κ3) is 73.8. The maximum Gasteiger partial charge on any atom is 0.472 e. The second-order valence-corrected chi connectivity index (χ2v) is 31.9. The first-order valence-electron chi connectivity index (χ1n) is 41.5. The third-order valence-corrected chi connectivity index (χ3v) is 20.3. The van der Waals surface area contributed by atoms with E-state index in [0.29, 0.717) is 25.7 Å². The molecule has 100 heavy (non-hydrogen) atoms. The number of aliphatic hydroxyl groups is 1. The highest BCUT2D eigenvalue weighted by Crippen LogP contribution is 2.45. The molecule has 5 atom stereocenters. The normalized spacial score (nSPS) is 14.0. The Hall–Kier alpha value is -2.46. The molecule has 0 spiro atoms. The van der Waals surface area contributed by atoms with Crippen LogP contribution < -0.4 is 0 Å². The topological polar surface area (TPSA) is 237 Å². The van der Waals surface area contributed by atoms with Gasteiger partial charge in [0.05, 0.1) is 26.4 Å². The van der Waals surface area contributed by atoms with Crippen LogP contribution in [0.25, 0.3) is 0 Å². The molecule has 0 fully saturated rings. The number of aliphatic hydroxyl groups excluding tert-OH is 1. The van der Waals surface area contributed by atoms with Gasteiger partial charge in [-0.1, -0.05) is 354 Å². The number of hydrogen-bond donors (Lipinski definition) is 3. The van der Waals surface area contributed by atoms with Crippen molar-refractivity contribution in [3.05, 3.63) is 24.3 Å². The molecule has 0 saturated heterocycles. The van der Waals surface area contributed by atoms with Crippen molar-refractivity contribution in [2.75, 3.05) is 39.6 Å². The first-order valence-corrected chi connectivity index (χ1v) is 44.4. The lowest BCUT2D eigenvalue weighted by Crippen LogP contribution is -2.30. The lowest BCUT2D eigenvalue weighted by Gasteiger charge is -2.21. The van der Waals surface area contributed by atoms with Crippen LogP contribution in [-0.4, -0.2) is 96.7 Å². The van der Waals surface area contributed by atoms with Crippen molar-refractivity contribution in [2.45, 2.75) is 425 Å². The summed E-state index contributed by atoms with van der Waals surface area (Å²) in [5.41, 5.74) is 0. The molecule has 0 amide bonds. The van der Waals surface area contributed by atoms with Crippen molar-refractivity contribution in [3.8, 4) is 0 Å². The van der Waals surface area contributed by atoms with E-state index in [1.54, 1.807) is 0 Å². The van der Waals surface area contributed by atoms with Crippen LogP contribution in [0.15, 0.2) is 24.3 Å². The summed E-state index contributed by atoms with van der Waals surface area (Å²) >= 11 is 0. The number of carbonyl (C=O) groups is 4. The van der Waals surface area contributed by atoms with Crippen molar-refractivity contribution >= 4 is 39.5 Å². The van der Waals surface area contributed by atoms with E-state index in [0.717, 1.165) is 115 Å². The summed E-state index contributed by atoms with van der Waals surface area (Å²) in [5.74, 6) is -1.37. The number of phosphoric acid groups is 2. The Balaban J connectivity index is 5.28. The first-order chi connectivity index (χ1) is 48.5. The molecule has 590 valence electrons. The molecule has 0 aromatic rings. The minimum atomic E-state index is -4.97. The van der Waals surface area contributed by atoms with Crippen LogP contribution in [0.1, 0.15) is 407 Å². The molecule has 17 nitrogen and oxygen atoms in total. The highest BCUT2D eigenvalue weighted by molar-refractivity contribution is 7.47. The van der Waals surface area contributed by atoms with Crippen LogP contribution in [-0.2, 0) is 65.4 Å². The summed E-state index contributed by atoms with van der Waals surface area (Å²) < 4.78 is 68.7. The summed E-state index contributed by atoms with van der Waals surface area (Å²) in [7, 11) is -9.93. The highest BCUT2D eigenvalue weighted by atomic mass is 31.2. The van der Waals surface area contributed by atoms with Crippen molar-refractivity contribution in [3.63, 3.8) is 0 Å². The van der Waals surface area contributed by atoms with E-state index < -0.39 is 97.5 Å². The number of allylic oxidation sites excluding steroid dienone is 4. The summed E-state index contributed by atoms with van der Waals surface area (Å²) in [6.07, 6.45) is 67.3. The zero-order valence-electron chi connectivity index (χ0n) is 64.8. The lowest BCUT2D eigenvalue weighted by atomic mass is 10.0. The Kier molecular flexibility index (Phi) is 71.6. The van der Waals surface area contributed by atoms with Gasteiger partial charge in [-0.25, -0.2) is 9.13 Å². The quantitative estimate of drug-likeness (QED) is 0.0169. The van der Waals surface area contributed by atoms with Gasteiger partial charge >= 0.3 is 39.5 Å². The smallest absolute Gasteiger partial charge is 0.462 e. The molecule has 0 radical (unpaired) electrons. The Labute approximate surface area is 612 Å². The molecular weight excluding hydrogens is 1310 g/mol. The predicted molar refractivity (Wildman–Crippen MR) is 409 cm³/mol. The van der Waals surface area contributed by atoms with Gasteiger partial charge < -0.3 is 33.8 Å². The highest BCUT2D eigenvalue weighted by Gasteiger charge is 2.30. The summed E-state index contributed by atoms with van der Waals surface area (Å²) in [6.45, 7) is 7.26. The Bertz CT molecular complexity index is 2000. The molecule has 0 aromatic heterocycles. The van der Waals surface area contributed by atoms with E-state index in [-0.39, 0.29) is 25.7 Å². The lowest BCUT2D eigenvalue weighted by molar-refractivity contribution is -0.161. The molecule has 0 bridgehead atoms. The van der Waals surface area contributed by atoms with E-state index >= 15 is 0 Å². The van der Waals surface area contributed by atoms with Gasteiger partial charge in [0.15, 0.2) is 12.2 Å². The molecule has 0 aliphatic rings. The van der Waals surface area contributed by atoms with Gasteiger partial charge in [-0.2, -0.15) is 0 Å². The van der Waals surface area contributed by atoms with Crippen LogP contribution in [0.2, 0.25) is 0 Å². The number of esters is 4. The summed E-state index contributed by atoms with van der Waals surface area (Å²) in [6, 6.07) is 0. The number of hydrogen-bond acceptors (Lipinski definition) is 15. The van der Waals surface area contributed by atoms with Crippen molar-refractivity contribution in [1.29, 1.82) is 0 Å². The van der Waals surface area contributed by atoms with Crippen molar-refractivity contribution in [2.24, 2.45) is 5.92 Å². The third-order valence-electron chi connectivity index (χ3n) is 18.4. The number of unbranched alkanes of at least 4 members (excludes halogenated alkanes) is 48. The fourth-order valence-corrected chi connectivity index (χ4v) is 13.6. The Morgan fingerprint density at radius 2 is 0.540 bits per heavy atom. The number of carbonyl (C=O) groups excluding carboxylic acids is 4. The van der Waals surface area contributed by atoms with Gasteiger partial charge in [0.1, 0.15) is 19.3 Å². The van der Waals surface area contributed by atoms with Gasteiger partial charge in [-0.3, -0.25) is 37.3 Å². The fourth-order valence-electron chi connectivity index (χ4n) is 12.0. The minimum Gasteiger partial charge on any atom is -0.462 e. The SMILES string of the molecule is CCCCCC/C=C\C=C/CCCCCCCC(=O)OC[C@H](COP(=O)(O)OC[C@@H](O)COP(=O)(O)OC[C@@H](COC(=O)CCCCCCCCCCCCCC)OC(=O)CCCCCCCCCCCCCC(C)C)OC(=O)CCCCCCCCCCCCCCCCCCCCC. The monoisotopic (exact) mass is 1460 g/mol. The predicted octanol–water partition coefficient (Wildman–Crippen LogP) is 24.0. The maximum atomic E-state index is 13.1. The summed E-state index contributed by atoms with van der Waals surface area (Å²) in [4.78, 5) is 73.0. The first kappa shape index (κ1) is 97.5. The zero-order valence-corrected chi connectivity index (χ0v) is 66.6. The standard InChI is InChI=1S/C81H154O17P2/c1-6-9-12-15-18-21-24-27-29-30-31-32-34-36-41-46-51-56-61-66-80(85)97-76(71-92-79(84)65-60-55-50-45-40-35-33-28-25-22-19-16-13-10-7-2)72-95-99(87,88)93-68-75(82)69-94-100(89,90)96-73-77(70-91-78(83)64-59-54-49-44-39-26-23-20-17-14-11-8-3)98-81(86)67-62-57-52-47-42-37-38-43-48-53-58-63-74(4)5/h22,25,28,33,74-77,82H,6-21,23-24,26-27,29-32,34-73H2,1-5H3,(H,87,88)(H,89,90)/b25-22-,33-28-/t75-,76-,77-/m1/s1. The molecular formula is C81H154O17P2. The second-order valence-electron chi connectivity index (χ2n) is 29.0. The van der Waals surface area contributed by atoms with E-state index in [1.165, 1.54) is 212 Å². The van der Waals surface area contributed by atoms with Gasteiger partial charge in [-0.15, -0.1) is 0 Å². The van der Waals surface area contributed by atoms with Gasteiger partial charge in [0, 0.05) is 25.7 Å². The van der Waals surface area contributed by atoms with Crippen LogP contribution >= 0.6 is 15.6 Å². The molecule has 0 heterocycles. The van der Waals surface area contributed by atoms with Gasteiger partial charge in [-0.05, 0) is 57.3 Å². The van der Waals surface area contributed by atoms with Gasteiger partial charge in [0.2, 0.25) is 0 Å². The Morgan fingerprint density at radius 1 is 0.310 bits per heavy atom. The molecule has 19 heteroatoms. The molecule has 0 aliphatic carbocycles. The van der Waals surface area contributed by atoms with E-state index in [4.69, 9.17) is 37.0 Å². The molecule has 3 N–H and O–H groups in total. The molecule has 0 rings (SSSR count). The molecule has 0 saturated carbocycles. The van der Waals surface area contributed by atoms with Crippen LogP contribution in [0.4, 0.5) is 0 Å². The Morgan fingerprint density at radius 3 is 0.820 bits per heavy atom. The average Bonchev–Trinajstić information content (AvgIpc) is 0.970. The molecule has 0 aliphatic heterocycles. The number of rotatable bonds is 79. The molecule has 2 unspecified atom stereocenters. The molecule has 0 aromatic carbocycles. The minimum absolute atomic E-state index is 0.102. The van der Waals surface area contributed by atoms with Crippen molar-refractivity contribution < 1.29 is 80.2 Å². The zero-order chi connectivity index (χ0) is 73.4. The largest absolute Gasteiger partial charge is 0.472 e.